The lowest BCUT2D eigenvalue weighted by Gasteiger charge is -2.37. The number of benzene rings is 1. The Balaban J connectivity index is 1.91. The molecule has 20 heavy (non-hydrogen) atoms. The predicted octanol–water partition coefficient (Wildman–Crippen LogP) is 1.97. The number of carboxylic acid groups (broad SMARTS) is 1. The molecule has 0 aromatic heterocycles. The van der Waals surface area contributed by atoms with Crippen LogP contribution >= 0.6 is 0 Å². The molecule has 1 aliphatic heterocycles. The lowest BCUT2D eigenvalue weighted by atomic mass is 9.90. The Bertz CT molecular complexity index is 471. The van der Waals surface area contributed by atoms with Crippen LogP contribution < -0.4 is 10.5 Å². The number of carboxylic acids is 1. The van der Waals surface area contributed by atoms with Gasteiger partial charge in [-0.15, -0.1) is 0 Å². The average Bonchev–Trinajstić information content (AvgIpc) is 2.40. The van der Waals surface area contributed by atoms with Gasteiger partial charge in [-0.1, -0.05) is 19.1 Å². The molecule has 0 aliphatic carbocycles. The van der Waals surface area contributed by atoms with Crippen LogP contribution in [0.4, 0.5) is 0 Å². The molecule has 1 atom stereocenters. The molecule has 1 aromatic rings. The smallest absolute Gasteiger partial charge is 0.303 e. The first-order valence-corrected chi connectivity index (χ1v) is 6.76. The lowest BCUT2D eigenvalue weighted by molar-refractivity contribution is -0.137. The third-order valence-electron chi connectivity index (χ3n) is 3.44. The quantitative estimate of drug-likeness (QED) is 0.797. The molecule has 3 N–H and O–H groups in total. The zero-order valence-corrected chi connectivity index (χ0v) is 11.7. The first kappa shape index (κ1) is 14.8. The van der Waals surface area contributed by atoms with Crippen molar-refractivity contribution < 1.29 is 19.4 Å². The van der Waals surface area contributed by atoms with Crippen molar-refractivity contribution in [1.29, 1.82) is 0 Å². The molecule has 1 heterocycles. The number of nitrogens with two attached hydrogens (primary N) is 1. The molecular formula is C15H21NO4. The number of ether oxygens (including phenoxy) is 2. The summed E-state index contributed by atoms with van der Waals surface area (Å²) < 4.78 is 11.0. The molecule has 0 spiro atoms. The number of aliphatic carboxylic acids is 1. The largest absolute Gasteiger partial charge is 0.493 e. The van der Waals surface area contributed by atoms with E-state index in [4.69, 9.17) is 20.3 Å². The van der Waals surface area contributed by atoms with Gasteiger partial charge in [0.25, 0.3) is 0 Å². The highest BCUT2D eigenvalue weighted by atomic mass is 16.5. The Kier molecular flexibility index (Phi) is 4.62. The number of hydrogen-bond acceptors (Lipinski definition) is 4. The van der Waals surface area contributed by atoms with Crippen LogP contribution in [0.1, 0.15) is 31.4 Å². The van der Waals surface area contributed by atoms with Gasteiger partial charge in [0, 0.05) is 17.9 Å². The van der Waals surface area contributed by atoms with E-state index in [1.54, 1.807) is 0 Å². The van der Waals surface area contributed by atoms with E-state index in [2.05, 4.69) is 6.92 Å². The highest BCUT2D eigenvalue weighted by Crippen LogP contribution is 2.28. The van der Waals surface area contributed by atoms with Gasteiger partial charge in [0.15, 0.2) is 0 Å². The zero-order chi connectivity index (χ0) is 14.6. The Morgan fingerprint density at radius 3 is 2.90 bits per heavy atom. The first-order valence-electron chi connectivity index (χ1n) is 6.76. The van der Waals surface area contributed by atoms with Crippen molar-refractivity contribution >= 4 is 5.97 Å². The van der Waals surface area contributed by atoms with Crippen molar-refractivity contribution in [3.63, 3.8) is 0 Å². The second-order valence-electron chi connectivity index (χ2n) is 5.70. The summed E-state index contributed by atoms with van der Waals surface area (Å²) in [6, 6.07) is 7.27. The van der Waals surface area contributed by atoms with E-state index in [1.807, 2.05) is 24.3 Å². The summed E-state index contributed by atoms with van der Waals surface area (Å²) in [4.78, 5) is 10.6. The SMILES string of the molecule is CC1(COc2cccc(C(N)CCC(=O)O)c2)COC1. The summed E-state index contributed by atoms with van der Waals surface area (Å²) in [7, 11) is 0. The maximum absolute atomic E-state index is 10.6. The Hall–Kier alpha value is -1.59. The van der Waals surface area contributed by atoms with E-state index in [-0.39, 0.29) is 17.9 Å². The topological polar surface area (TPSA) is 81.8 Å². The zero-order valence-electron chi connectivity index (χ0n) is 11.7. The summed E-state index contributed by atoms with van der Waals surface area (Å²) in [6.07, 6.45) is 0.492. The maximum atomic E-state index is 10.6. The average molecular weight is 279 g/mol. The van der Waals surface area contributed by atoms with Gasteiger partial charge in [0.2, 0.25) is 0 Å². The van der Waals surface area contributed by atoms with Crippen LogP contribution in [0.5, 0.6) is 5.75 Å². The molecule has 2 rings (SSSR count). The van der Waals surface area contributed by atoms with Crippen LogP contribution in [0.3, 0.4) is 0 Å². The molecule has 0 bridgehead atoms. The molecule has 1 aliphatic rings. The van der Waals surface area contributed by atoms with Crippen LogP contribution in [0, 0.1) is 5.41 Å². The summed E-state index contributed by atoms with van der Waals surface area (Å²) in [5.74, 6) is -0.0628. The molecule has 5 heteroatoms. The molecule has 5 nitrogen and oxygen atoms in total. The van der Waals surface area contributed by atoms with Crippen LogP contribution in [0.25, 0.3) is 0 Å². The minimum atomic E-state index is -0.828. The van der Waals surface area contributed by atoms with E-state index in [1.165, 1.54) is 0 Å². The second-order valence-corrected chi connectivity index (χ2v) is 5.70. The molecule has 0 radical (unpaired) electrons. The molecule has 0 saturated carbocycles. The van der Waals surface area contributed by atoms with Gasteiger partial charge in [-0.3, -0.25) is 4.79 Å². The fraction of sp³-hybridized carbons (Fsp3) is 0.533. The molecule has 1 aromatic carbocycles. The van der Waals surface area contributed by atoms with Gasteiger partial charge >= 0.3 is 5.97 Å². The van der Waals surface area contributed by atoms with Crippen LogP contribution in [-0.4, -0.2) is 30.9 Å². The second kappa shape index (κ2) is 6.24. The summed E-state index contributed by atoms with van der Waals surface area (Å²) in [5.41, 5.74) is 6.99. The van der Waals surface area contributed by atoms with E-state index in [0.717, 1.165) is 24.5 Å². The fourth-order valence-electron chi connectivity index (χ4n) is 2.07. The van der Waals surface area contributed by atoms with Crippen molar-refractivity contribution in [2.24, 2.45) is 11.1 Å². The van der Waals surface area contributed by atoms with Crippen LogP contribution in [-0.2, 0) is 9.53 Å². The summed E-state index contributed by atoms with van der Waals surface area (Å²) in [5, 5.41) is 8.68. The minimum absolute atomic E-state index is 0.0711. The van der Waals surface area contributed by atoms with Crippen molar-refractivity contribution in [3.05, 3.63) is 29.8 Å². The van der Waals surface area contributed by atoms with Gasteiger partial charge in [-0.05, 0) is 24.1 Å². The van der Waals surface area contributed by atoms with Gasteiger partial charge in [0.1, 0.15) is 5.75 Å². The fourth-order valence-corrected chi connectivity index (χ4v) is 2.07. The van der Waals surface area contributed by atoms with E-state index in [0.29, 0.717) is 13.0 Å². The number of carbonyl (C=O) groups is 1. The lowest BCUT2D eigenvalue weighted by Crippen LogP contribution is -2.44. The van der Waals surface area contributed by atoms with Gasteiger partial charge < -0.3 is 20.3 Å². The van der Waals surface area contributed by atoms with Gasteiger partial charge in [0.05, 0.1) is 19.8 Å². The van der Waals surface area contributed by atoms with Crippen molar-refractivity contribution in [2.75, 3.05) is 19.8 Å². The van der Waals surface area contributed by atoms with E-state index in [9.17, 15) is 4.79 Å². The molecular weight excluding hydrogens is 258 g/mol. The van der Waals surface area contributed by atoms with Crippen molar-refractivity contribution in [1.82, 2.24) is 0 Å². The molecule has 1 unspecified atom stereocenters. The van der Waals surface area contributed by atoms with Gasteiger partial charge in [-0.2, -0.15) is 0 Å². The monoisotopic (exact) mass is 279 g/mol. The Labute approximate surface area is 118 Å². The Morgan fingerprint density at radius 1 is 1.55 bits per heavy atom. The molecule has 110 valence electrons. The Morgan fingerprint density at radius 2 is 2.30 bits per heavy atom. The van der Waals surface area contributed by atoms with Crippen molar-refractivity contribution in [2.45, 2.75) is 25.8 Å². The van der Waals surface area contributed by atoms with Crippen molar-refractivity contribution in [3.8, 4) is 5.75 Å². The highest BCUT2D eigenvalue weighted by Gasteiger charge is 2.34. The molecule has 0 amide bonds. The number of rotatable bonds is 7. The normalized spacial score (nSPS) is 18.1. The van der Waals surface area contributed by atoms with Crippen LogP contribution in [0.2, 0.25) is 0 Å². The van der Waals surface area contributed by atoms with Gasteiger partial charge in [-0.25, -0.2) is 0 Å². The first-order chi connectivity index (χ1) is 9.48. The van der Waals surface area contributed by atoms with E-state index >= 15 is 0 Å². The summed E-state index contributed by atoms with van der Waals surface area (Å²) >= 11 is 0. The molecule has 1 saturated heterocycles. The van der Waals surface area contributed by atoms with E-state index < -0.39 is 5.97 Å². The van der Waals surface area contributed by atoms with Crippen LogP contribution in [0.15, 0.2) is 24.3 Å². The molecule has 1 fully saturated rings. The summed E-state index contributed by atoms with van der Waals surface area (Å²) in [6.45, 7) is 4.19. The maximum Gasteiger partial charge on any atom is 0.303 e. The highest BCUT2D eigenvalue weighted by molar-refractivity contribution is 5.66. The third-order valence-corrected chi connectivity index (χ3v) is 3.44. The minimum Gasteiger partial charge on any atom is -0.493 e. The number of hydrogen-bond donors (Lipinski definition) is 2. The predicted molar refractivity (Wildman–Crippen MR) is 74.7 cm³/mol. The standard InChI is InChI=1S/C15H21NO4/c1-15(8-19-9-15)10-20-12-4-2-3-11(7-12)13(16)5-6-14(17)18/h2-4,7,13H,5-6,8-10,16H2,1H3,(H,17,18). The third kappa shape index (κ3) is 3.95.